The van der Waals surface area contributed by atoms with Gasteiger partial charge in [0, 0.05) is 12.5 Å². The van der Waals surface area contributed by atoms with E-state index in [1.807, 2.05) is 12.1 Å². The van der Waals surface area contributed by atoms with E-state index in [1.165, 1.54) is 0 Å². The van der Waals surface area contributed by atoms with Crippen molar-refractivity contribution in [3.8, 4) is 5.75 Å². The van der Waals surface area contributed by atoms with Gasteiger partial charge in [-0.05, 0) is 18.6 Å². The summed E-state index contributed by atoms with van der Waals surface area (Å²) >= 11 is 0. The van der Waals surface area contributed by atoms with E-state index < -0.39 is 0 Å². The lowest BCUT2D eigenvalue weighted by Gasteiger charge is -2.00. The summed E-state index contributed by atoms with van der Waals surface area (Å²) in [7, 11) is 1.59. The molecule has 2 nitrogen and oxygen atoms in total. The molecule has 0 atom stereocenters. The molecular formula is C10H11O2. The molecule has 0 heterocycles. The molecule has 0 aliphatic carbocycles. The lowest BCUT2D eigenvalue weighted by molar-refractivity contribution is -0.116. The van der Waals surface area contributed by atoms with Crippen LogP contribution in [0.3, 0.4) is 0 Å². The first kappa shape index (κ1) is 8.78. The highest BCUT2D eigenvalue weighted by Crippen LogP contribution is 2.11. The van der Waals surface area contributed by atoms with Crippen LogP contribution in [-0.2, 0) is 11.2 Å². The van der Waals surface area contributed by atoms with Crippen LogP contribution in [0, 0.1) is 6.07 Å². The number of methoxy groups -OCH3 is 1. The minimum Gasteiger partial charge on any atom is -0.496 e. The van der Waals surface area contributed by atoms with Gasteiger partial charge in [-0.25, -0.2) is 0 Å². The van der Waals surface area contributed by atoms with E-state index in [4.69, 9.17) is 4.74 Å². The first-order chi connectivity index (χ1) is 5.72. The fourth-order valence-electron chi connectivity index (χ4n) is 1.00. The maximum Gasteiger partial charge on any atom is 0.134 e. The number of carbonyl (C=O) groups excluding carboxylic acids is 1. The van der Waals surface area contributed by atoms with Crippen LogP contribution in [0.15, 0.2) is 18.2 Å². The molecule has 0 aliphatic heterocycles. The molecule has 0 aliphatic rings. The van der Waals surface area contributed by atoms with E-state index in [9.17, 15) is 4.79 Å². The third-order valence-electron chi connectivity index (χ3n) is 1.51. The molecule has 2 heteroatoms. The maximum absolute atomic E-state index is 10.8. The Morgan fingerprint density at radius 1 is 1.67 bits per heavy atom. The summed E-state index contributed by atoms with van der Waals surface area (Å²) in [5, 5.41) is 0. The van der Waals surface area contributed by atoms with Gasteiger partial charge < -0.3 is 4.74 Å². The third-order valence-corrected chi connectivity index (χ3v) is 1.51. The smallest absolute Gasteiger partial charge is 0.134 e. The molecule has 1 aromatic carbocycles. The lowest BCUT2D eigenvalue weighted by Crippen LogP contribution is -1.96. The van der Waals surface area contributed by atoms with Gasteiger partial charge in [0.1, 0.15) is 11.5 Å². The lowest BCUT2D eigenvalue weighted by atomic mass is 10.1. The second kappa shape index (κ2) is 3.90. The Balaban J connectivity index is 2.79. The third kappa shape index (κ3) is 2.38. The molecule has 0 spiro atoms. The van der Waals surface area contributed by atoms with Crippen LogP contribution < -0.4 is 4.74 Å². The van der Waals surface area contributed by atoms with Crippen LogP contribution >= 0.6 is 0 Å². The zero-order chi connectivity index (χ0) is 8.97. The molecular weight excluding hydrogens is 152 g/mol. The summed E-state index contributed by atoms with van der Waals surface area (Å²) < 4.78 is 4.97. The zero-order valence-electron chi connectivity index (χ0n) is 7.26. The minimum atomic E-state index is 0.156. The second-order valence-corrected chi connectivity index (χ2v) is 2.64. The zero-order valence-corrected chi connectivity index (χ0v) is 7.26. The van der Waals surface area contributed by atoms with Crippen LogP contribution in [0.2, 0.25) is 0 Å². The van der Waals surface area contributed by atoms with Crippen molar-refractivity contribution in [3.05, 3.63) is 29.8 Å². The fourth-order valence-corrected chi connectivity index (χ4v) is 1.00. The summed E-state index contributed by atoms with van der Waals surface area (Å²) in [4.78, 5) is 10.8. The first-order valence-corrected chi connectivity index (χ1v) is 3.76. The molecule has 1 aromatic rings. The van der Waals surface area contributed by atoms with Gasteiger partial charge in [-0.3, -0.25) is 4.79 Å². The molecule has 12 heavy (non-hydrogen) atoms. The molecule has 0 saturated heterocycles. The van der Waals surface area contributed by atoms with E-state index in [0.29, 0.717) is 12.2 Å². The molecule has 0 bridgehead atoms. The van der Waals surface area contributed by atoms with Crippen molar-refractivity contribution < 1.29 is 9.53 Å². The van der Waals surface area contributed by atoms with Crippen molar-refractivity contribution in [1.29, 1.82) is 0 Å². The topological polar surface area (TPSA) is 26.3 Å². The molecule has 1 rings (SSSR count). The number of ether oxygens (including phenoxy) is 1. The number of ketones is 1. The van der Waals surface area contributed by atoms with Crippen molar-refractivity contribution in [2.75, 3.05) is 7.11 Å². The van der Waals surface area contributed by atoms with Crippen molar-refractivity contribution in [1.82, 2.24) is 0 Å². The monoisotopic (exact) mass is 163 g/mol. The summed E-state index contributed by atoms with van der Waals surface area (Å²) in [5.41, 5.74) is 0.970. The van der Waals surface area contributed by atoms with Crippen molar-refractivity contribution in [2.45, 2.75) is 13.3 Å². The van der Waals surface area contributed by atoms with Gasteiger partial charge in [-0.15, -0.1) is 0 Å². The average molecular weight is 163 g/mol. The van der Waals surface area contributed by atoms with Gasteiger partial charge in [0.2, 0.25) is 0 Å². The molecule has 0 unspecified atom stereocenters. The van der Waals surface area contributed by atoms with Crippen LogP contribution in [-0.4, -0.2) is 12.9 Å². The van der Waals surface area contributed by atoms with E-state index in [1.54, 1.807) is 20.1 Å². The molecule has 1 radical (unpaired) electrons. The molecule has 0 amide bonds. The predicted octanol–water partition coefficient (Wildman–Crippen LogP) is 1.63. The van der Waals surface area contributed by atoms with Crippen LogP contribution in [0.5, 0.6) is 5.75 Å². The Labute approximate surface area is 72.2 Å². The van der Waals surface area contributed by atoms with Crippen molar-refractivity contribution in [3.63, 3.8) is 0 Å². The Hall–Kier alpha value is -1.31. The first-order valence-electron chi connectivity index (χ1n) is 3.76. The van der Waals surface area contributed by atoms with Gasteiger partial charge in [0.25, 0.3) is 0 Å². The maximum atomic E-state index is 10.8. The van der Waals surface area contributed by atoms with Gasteiger partial charge in [-0.2, -0.15) is 0 Å². The summed E-state index contributed by atoms with van der Waals surface area (Å²) in [6, 6.07) is 8.35. The molecule has 0 fully saturated rings. The molecule has 0 N–H and O–H groups in total. The fraction of sp³-hybridized carbons (Fsp3) is 0.300. The highest BCUT2D eigenvalue weighted by molar-refractivity contribution is 5.78. The largest absolute Gasteiger partial charge is 0.496 e. The normalized spacial score (nSPS) is 9.50. The van der Waals surface area contributed by atoms with Crippen molar-refractivity contribution >= 4 is 5.78 Å². The number of benzene rings is 1. The number of hydrogen-bond acceptors (Lipinski definition) is 2. The van der Waals surface area contributed by atoms with Crippen LogP contribution in [0.25, 0.3) is 0 Å². The van der Waals surface area contributed by atoms with E-state index >= 15 is 0 Å². The second-order valence-electron chi connectivity index (χ2n) is 2.64. The van der Waals surface area contributed by atoms with E-state index in [2.05, 4.69) is 6.07 Å². The number of carbonyl (C=O) groups is 1. The van der Waals surface area contributed by atoms with E-state index in [-0.39, 0.29) is 5.78 Å². The van der Waals surface area contributed by atoms with Crippen LogP contribution in [0.4, 0.5) is 0 Å². The summed E-state index contributed by atoms with van der Waals surface area (Å²) in [6.07, 6.45) is 0.463. The highest BCUT2D eigenvalue weighted by Gasteiger charge is 1.98. The SMILES string of the molecule is COc1[c]ccc(CC(C)=O)c1. The van der Waals surface area contributed by atoms with Gasteiger partial charge in [-0.1, -0.05) is 12.1 Å². The minimum absolute atomic E-state index is 0.156. The van der Waals surface area contributed by atoms with Gasteiger partial charge in [0.15, 0.2) is 0 Å². The number of hydrogen-bond donors (Lipinski definition) is 0. The summed E-state index contributed by atoms with van der Waals surface area (Å²) in [6.45, 7) is 1.57. The highest BCUT2D eigenvalue weighted by atomic mass is 16.5. The van der Waals surface area contributed by atoms with Crippen molar-refractivity contribution in [2.24, 2.45) is 0 Å². The van der Waals surface area contributed by atoms with Gasteiger partial charge in [0.05, 0.1) is 7.11 Å². The predicted molar refractivity (Wildman–Crippen MR) is 46.2 cm³/mol. The van der Waals surface area contributed by atoms with Crippen LogP contribution in [0.1, 0.15) is 12.5 Å². The Morgan fingerprint density at radius 3 is 3.00 bits per heavy atom. The summed E-state index contributed by atoms with van der Waals surface area (Å²) in [5.74, 6) is 0.831. The standard InChI is InChI=1S/C10H11O2/c1-8(11)6-9-4-3-5-10(7-9)12-2/h3-4,7H,6H2,1-2H3. The quantitative estimate of drug-likeness (QED) is 0.677. The Morgan fingerprint density at radius 2 is 2.42 bits per heavy atom. The average Bonchev–Trinajstić information content (AvgIpc) is 2.03. The molecule has 0 saturated carbocycles. The number of Topliss-reactive ketones (excluding diaryl/α,β-unsaturated/α-hetero) is 1. The number of rotatable bonds is 3. The Bertz CT molecular complexity index is 279. The molecule has 0 aromatic heterocycles. The molecule has 63 valence electrons. The van der Waals surface area contributed by atoms with E-state index in [0.717, 1.165) is 5.56 Å². The Kier molecular flexibility index (Phi) is 2.86. The van der Waals surface area contributed by atoms with Gasteiger partial charge >= 0.3 is 0 Å².